The Morgan fingerprint density at radius 2 is 0.732 bits per heavy atom. The van der Waals surface area contributed by atoms with Gasteiger partial charge in [-0.3, -0.25) is 18.6 Å². The van der Waals surface area contributed by atoms with Gasteiger partial charge in [-0.15, -0.1) is 0 Å². The molecular formula is C61H106NO8P. The van der Waals surface area contributed by atoms with Crippen LogP contribution in [0.3, 0.4) is 0 Å². The minimum Gasteiger partial charge on any atom is -0.462 e. The van der Waals surface area contributed by atoms with Crippen molar-refractivity contribution in [3.05, 3.63) is 97.2 Å². The number of esters is 2. The molecule has 0 aromatic rings. The molecule has 9 nitrogen and oxygen atoms in total. The van der Waals surface area contributed by atoms with Gasteiger partial charge < -0.3 is 20.1 Å². The maximum atomic E-state index is 12.7. The Morgan fingerprint density at radius 1 is 0.423 bits per heavy atom. The third-order valence-electron chi connectivity index (χ3n) is 12.0. The predicted octanol–water partition coefficient (Wildman–Crippen LogP) is 18.1. The maximum Gasteiger partial charge on any atom is 0.472 e. The number of ether oxygens (including phenoxy) is 2. The Hall–Kier alpha value is -3.07. The van der Waals surface area contributed by atoms with E-state index in [1.165, 1.54) is 109 Å². The number of carbonyl (C=O) groups is 2. The van der Waals surface area contributed by atoms with Gasteiger partial charge in [-0.1, -0.05) is 239 Å². The molecule has 0 fully saturated rings. The average molecular weight is 1010 g/mol. The van der Waals surface area contributed by atoms with E-state index >= 15 is 0 Å². The largest absolute Gasteiger partial charge is 0.472 e. The van der Waals surface area contributed by atoms with Crippen molar-refractivity contribution >= 4 is 19.8 Å². The lowest BCUT2D eigenvalue weighted by atomic mass is 10.0. The first-order valence-electron chi connectivity index (χ1n) is 28.7. The zero-order valence-electron chi connectivity index (χ0n) is 45.4. The zero-order valence-corrected chi connectivity index (χ0v) is 46.3. The molecule has 0 spiro atoms. The smallest absolute Gasteiger partial charge is 0.462 e. The van der Waals surface area contributed by atoms with Gasteiger partial charge in [0.05, 0.1) is 13.2 Å². The summed E-state index contributed by atoms with van der Waals surface area (Å²) in [6.07, 6.45) is 74.7. The number of hydrogen-bond acceptors (Lipinski definition) is 8. The van der Waals surface area contributed by atoms with Crippen LogP contribution in [-0.4, -0.2) is 49.3 Å². The van der Waals surface area contributed by atoms with Crippen molar-refractivity contribution in [1.29, 1.82) is 0 Å². The lowest BCUT2D eigenvalue weighted by Crippen LogP contribution is -2.29. The molecule has 0 aliphatic heterocycles. The van der Waals surface area contributed by atoms with Crippen LogP contribution in [0.4, 0.5) is 0 Å². The number of rotatable bonds is 53. The molecule has 0 amide bonds. The molecule has 408 valence electrons. The summed E-state index contributed by atoms with van der Waals surface area (Å²) in [4.78, 5) is 35.1. The number of phosphoric ester groups is 1. The van der Waals surface area contributed by atoms with Gasteiger partial charge in [-0.05, 0) is 89.9 Å². The number of hydrogen-bond donors (Lipinski definition) is 2. The number of carbonyl (C=O) groups excluding carboxylic acids is 2. The van der Waals surface area contributed by atoms with Gasteiger partial charge in [-0.2, -0.15) is 0 Å². The normalized spacial score (nSPS) is 13.8. The van der Waals surface area contributed by atoms with Gasteiger partial charge in [-0.25, -0.2) is 4.57 Å². The van der Waals surface area contributed by atoms with Crippen LogP contribution in [0.2, 0.25) is 0 Å². The number of phosphoric acid groups is 1. The van der Waals surface area contributed by atoms with Crippen molar-refractivity contribution in [2.24, 2.45) is 5.73 Å². The highest BCUT2D eigenvalue weighted by atomic mass is 31.2. The summed E-state index contributed by atoms with van der Waals surface area (Å²) in [5.74, 6) is -0.854. The van der Waals surface area contributed by atoms with E-state index in [4.69, 9.17) is 24.3 Å². The van der Waals surface area contributed by atoms with Gasteiger partial charge >= 0.3 is 19.8 Å². The molecule has 0 saturated carbocycles. The molecule has 0 rings (SSSR count). The van der Waals surface area contributed by atoms with Gasteiger partial charge in [0.2, 0.25) is 0 Å². The topological polar surface area (TPSA) is 134 Å². The van der Waals surface area contributed by atoms with E-state index in [9.17, 15) is 19.0 Å². The molecule has 0 aliphatic rings. The van der Waals surface area contributed by atoms with E-state index in [0.29, 0.717) is 12.8 Å². The molecule has 2 atom stereocenters. The summed E-state index contributed by atoms with van der Waals surface area (Å²) >= 11 is 0. The predicted molar refractivity (Wildman–Crippen MR) is 302 cm³/mol. The van der Waals surface area contributed by atoms with Crippen LogP contribution in [-0.2, 0) is 32.7 Å². The van der Waals surface area contributed by atoms with E-state index in [2.05, 4.69) is 111 Å². The SMILES string of the molecule is CC/C=C\C/C=C\C/C=C\C/C=C\CCCCCCCCCCCCCCCCCCCCCCC(=O)OC(COC(=O)CCCCCC/C=C\C/C=C\C/C=C\C/C=C\CC)COP(=O)(O)OCCN. The average Bonchev–Trinajstić information content (AvgIpc) is 3.36. The Kier molecular flexibility index (Phi) is 53.8. The molecule has 0 saturated heterocycles. The second-order valence-electron chi connectivity index (χ2n) is 18.7. The fraction of sp³-hybridized carbons (Fsp3) is 0.705. The lowest BCUT2D eigenvalue weighted by molar-refractivity contribution is -0.161. The van der Waals surface area contributed by atoms with Crippen LogP contribution < -0.4 is 5.73 Å². The molecule has 71 heavy (non-hydrogen) atoms. The van der Waals surface area contributed by atoms with Gasteiger partial charge in [0.25, 0.3) is 0 Å². The number of nitrogens with two attached hydrogens (primary N) is 1. The van der Waals surface area contributed by atoms with Crippen LogP contribution in [0.15, 0.2) is 97.2 Å². The molecule has 0 heterocycles. The van der Waals surface area contributed by atoms with Gasteiger partial charge in [0, 0.05) is 19.4 Å². The molecule has 3 N–H and O–H groups in total. The van der Waals surface area contributed by atoms with Crippen molar-refractivity contribution in [3.8, 4) is 0 Å². The van der Waals surface area contributed by atoms with E-state index in [0.717, 1.165) is 96.3 Å². The van der Waals surface area contributed by atoms with Gasteiger partial charge in [0.1, 0.15) is 6.61 Å². The van der Waals surface area contributed by atoms with Crippen molar-refractivity contribution in [1.82, 2.24) is 0 Å². The Morgan fingerprint density at radius 3 is 1.08 bits per heavy atom. The third-order valence-corrected chi connectivity index (χ3v) is 12.9. The van der Waals surface area contributed by atoms with Crippen LogP contribution in [0.5, 0.6) is 0 Å². The number of allylic oxidation sites excluding steroid dienone is 16. The van der Waals surface area contributed by atoms with Crippen molar-refractivity contribution < 1.29 is 37.6 Å². The Labute approximate surface area is 436 Å². The summed E-state index contributed by atoms with van der Waals surface area (Å²) in [7, 11) is -4.40. The molecule has 0 radical (unpaired) electrons. The molecule has 0 bridgehead atoms. The molecule has 2 unspecified atom stereocenters. The third kappa shape index (κ3) is 56.1. The first kappa shape index (κ1) is 67.9. The summed E-state index contributed by atoms with van der Waals surface area (Å²) in [6, 6.07) is 0. The monoisotopic (exact) mass is 1010 g/mol. The van der Waals surface area contributed by atoms with E-state index in [1.54, 1.807) is 0 Å². The van der Waals surface area contributed by atoms with Crippen LogP contribution in [0, 0.1) is 0 Å². The first-order valence-corrected chi connectivity index (χ1v) is 30.2. The van der Waals surface area contributed by atoms with Crippen LogP contribution in [0.1, 0.15) is 245 Å². The van der Waals surface area contributed by atoms with Crippen LogP contribution >= 0.6 is 7.82 Å². The molecular weight excluding hydrogens is 906 g/mol. The van der Waals surface area contributed by atoms with Gasteiger partial charge in [0.15, 0.2) is 6.10 Å². The highest BCUT2D eigenvalue weighted by molar-refractivity contribution is 7.47. The van der Waals surface area contributed by atoms with Crippen molar-refractivity contribution in [2.75, 3.05) is 26.4 Å². The van der Waals surface area contributed by atoms with E-state index in [1.807, 2.05) is 0 Å². The highest BCUT2D eigenvalue weighted by Gasteiger charge is 2.26. The number of unbranched alkanes of at least 4 members (excludes halogenated alkanes) is 24. The van der Waals surface area contributed by atoms with E-state index in [-0.39, 0.29) is 32.6 Å². The second-order valence-corrected chi connectivity index (χ2v) is 20.2. The van der Waals surface area contributed by atoms with Crippen molar-refractivity contribution in [2.45, 2.75) is 251 Å². The summed E-state index contributed by atoms with van der Waals surface area (Å²) < 4.78 is 33.0. The minimum absolute atomic E-state index is 0.0467. The molecule has 10 heteroatoms. The van der Waals surface area contributed by atoms with Crippen LogP contribution in [0.25, 0.3) is 0 Å². The summed E-state index contributed by atoms with van der Waals surface area (Å²) in [6.45, 7) is 3.50. The fourth-order valence-electron chi connectivity index (χ4n) is 7.80. The first-order chi connectivity index (χ1) is 34.8. The van der Waals surface area contributed by atoms with E-state index < -0.39 is 32.5 Å². The minimum atomic E-state index is -4.40. The molecule has 0 aromatic heterocycles. The highest BCUT2D eigenvalue weighted by Crippen LogP contribution is 2.43. The quantitative estimate of drug-likeness (QED) is 0.0264. The molecule has 0 aliphatic carbocycles. The molecule has 0 aromatic carbocycles. The fourth-order valence-corrected chi connectivity index (χ4v) is 8.56. The lowest BCUT2D eigenvalue weighted by Gasteiger charge is -2.19. The summed E-state index contributed by atoms with van der Waals surface area (Å²) in [5.41, 5.74) is 5.38. The van der Waals surface area contributed by atoms with Crippen molar-refractivity contribution in [3.63, 3.8) is 0 Å². The maximum absolute atomic E-state index is 12.7. The Bertz CT molecular complexity index is 1480. The standard InChI is InChI=1S/C61H106NO8P/c1-3-5-7-9-11-13-15-17-19-21-22-23-24-25-26-27-28-29-30-31-32-33-34-35-36-38-40-42-44-46-48-50-52-54-61(64)70-59(58-69-71(65,66)68-56-55-62)57-67-60(63)53-51-49-47-45-43-41-39-37-20-18-16-14-12-10-8-6-4-2/h5-8,11-14,17-20,22-23,39,41,59H,3-4,9-10,15-16,21,24-38,40,42-58,62H2,1-2H3,(H,65,66)/b7-5-,8-6-,13-11-,14-12-,19-17-,20-18-,23-22-,41-39-. The Balaban J connectivity index is 3.92. The summed E-state index contributed by atoms with van der Waals surface area (Å²) in [5, 5.41) is 0. The second kappa shape index (κ2) is 56.2. The zero-order chi connectivity index (χ0) is 51.7.